The third-order valence-corrected chi connectivity index (χ3v) is 9.35. The lowest BCUT2D eigenvalue weighted by Crippen LogP contribution is -2.16. The molecule has 0 amide bonds. The molecule has 42 heavy (non-hydrogen) atoms. The highest BCUT2D eigenvalue weighted by Crippen LogP contribution is 2.43. The van der Waals surface area contributed by atoms with Crippen LogP contribution in [-0.4, -0.2) is 18.8 Å². The van der Waals surface area contributed by atoms with Crippen molar-refractivity contribution in [3.8, 4) is 0 Å². The zero-order valence-corrected chi connectivity index (χ0v) is 26.0. The van der Waals surface area contributed by atoms with Gasteiger partial charge >= 0.3 is 0 Å². The van der Waals surface area contributed by atoms with Crippen molar-refractivity contribution in [2.75, 3.05) is 4.90 Å². The van der Waals surface area contributed by atoms with Gasteiger partial charge in [0.1, 0.15) is 11.3 Å². The van der Waals surface area contributed by atoms with Gasteiger partial charge < -0.3 is 0 Å². The summed E-state index contributed by atoms with van der Waals surface area (Å²) in [5.41, 5.74) is 13.9. The summed E-state index contributed by atoms with van der Waals surface area (Å²) in [5, 5.41) is 4.82. The lowest BCUT2D eigenvalue weighted by atomic mass is 10.0. The zero-order valence-electron chi connectivity index (χ0n) is 26.0. The second kappa shape index (κ2) is 9.18. The topological polar surface area (TPSA) is 37.8 Å². The van der Waals surface area contributed by atoms with Gasteiger partial charge in [-0.1, -0.05) is 66.2 Å². The van der Waals surface area contributed by atoms with Crippen LogP contribution >= 0.6 is 0 Å². The molecule has 0 aliphatic heterocycles. The van der Waals surface area contributed by atoms with E-state index in [4.69, 9.17) is 9.97 Å². The van der Waals surface area contributed by atoms with Crippen LogP contribution in [0.2, 0.25) is 0 Å². The quantitative estimate of drug-likeness (QED) is 0.219. The highest BCUT2D eigenvalue weighted by molar-refractivity contribution is 6.00. The van der Waals surface area contributed by atoms with Gasteiger partial charge in [-0.2, -0.15) is 0 Å². The average Bonchev–Trinajstić information content (AvgIpc) is 3.49. The Kier molecular flexibility index (Phi) is 5.74. The highest BCUT2D eigenvalue weighted by atomic mass is 15.3. The Balaban J connectivity index is 1.64. The molecule has 4 heterocycles. The first kappa shape index (κ1) is 26.3. The summed E-state index contributed by atoms with van der Waals surface area (Å²) in [6.45, 7) is 19.8. The van der Waals surface area contributed by atoms with Gasteiger partial charge in [-0.05, 0) is 95.3 Å². The summed E-state index contributed by atoms with van der Waals surface area (Å²) >= 11 is 0. The molecule has 210 valence electrons. The van der Waals surface area contributed by atoms with Crippen LogP contribution in [0.25, 0.3) is 32.8 Å². The molecule has 7 rings (SSSR count). The van der Waals surface area contributed by atoms with Crippen molar-refractivity contribution in [2.24, 2.45) is 0 Å². The fourth-order valence-electron chi connectivity index (χ4n) is 7.16. The molecule has 5 heteroatoms. The molecule has 3 aromatic carbocycles. The SMILES string of the molecule is Cc1cc(C)c(N(c2nc3c4ccccc4c(C)c(C)n3c2C)c2nc3c4ccccc4c(C)c(C)n3c2C)c(C)c1. The molecule has 0 radical (unpaired) electrons. The first-order valence-electron chi connectivity index (χ1n) is 14.7. The van der Waals surface area contributed by atoms with E-state index in [9.17, 15) is 0 Å². The Morgan fingerprint density at radius 2 is 0.881 bits per heavy atom. The van der Waals surface area contributed by atoms with E-state index in [1.54, 1.807) is 0 Å². The van der Waals surface area contributed by atoms with Crippen LogP contribution in [-0.2, 0) is 0 Å². The highest BCUT2D eigenvalue weighted by Gasteiger charge is 2.29. The van der Waals surface area contributed by atoms with Crippen molar-refractivity contribution in [1.82, 2.24) is 18.8 Å². The molecule has 0 bridgehead atoms. The number of aryl methyl sites for hydroxylation is 9. The molecule has 0 N–H and O–H groups in total. The van der Waals surface area contributed by atoms with E-state index in [1.807, 2.05) is 0 Å². The first-order chi connectivity index (χ1) is 20.1. The Bertz CT molecular complexity index is 2090. The third kappa shape index (κ3) is 3.49. The molecule has 0 saturated heterocycles. The van der Waals surface area contributed by atoms with Gasteiger partial charge in [-0.15, -0.1) is 0 Å². The van der Waals surface area contributed by atoms with E-state index in [0.29, 0.717) is 0 Å². The van der Waals surface area contributed by atoms with Crippen molar-refractivity contribution >= 4 is 50.2 Å². The van der Waals surface area contributed by atoms with Crippen molar-refractivity contribution in [1.29, 1.82) is 0 Å². The molecule has 4 aromatic heterocycles. The maximum Gasteiger partial charge on any atom is 0.161 e. The lowest BCUT2D eigenvalue weighted by molar-refractivity contribution is 1.01. The van der Waals surface area contributed by atoms with Crippen molar-refractivity contribution < 1.29 is 0 Å². The minimum Gasteiger partial charge on any atom is -0.299 e. The molecule has 5 nitrogen and oxygen atoms in total. The van der Waals surface area contributed by atoms with E-state index < -0.39 is 0 Å². The molecule has 0 aliphatic rings. The monoisotopic (exact) mass is 551 g/mol. The van der Waals surface area contributed by atoms with Crippen molar-refractivity contribution in [3.63, 3.8) is 0 Å². The van der Waals surface area contributed by atoms with Gasteiger partial charge in [0.05, 0.1) is 17.1 Å². The smallest absolute Gasteiger partial charge is 0.161 e. The number of hydrogen-bond acceptors (Lipinski definition) is 3. The minimum absolute atomic E-state index is 0.911. The van der Waals surface area contributed by atoms with Crippen LogP contribution in [0.15, 0.2) is 60.7 Å². The number of imidazole rings is 2. The lowest BCUT2D eigenvalue weighted by Gasteiger charge is -2.26. The second-order valence-electron chi connectivity index (χ2n) is 12.0. The number of hydrogen-bond donors (Lipinski definition) is 0. The molecule has 0 saturated carbocycles. The molecule has 0 atom stereocenters. The van der Waals surface area contributed by atoms with Crippen LogP contribution in [0.1, 0.15) is 50.6 Å². The Morgan fingerprint density at radius 3 is 1.29 bits per heavy atom. The average molecular weight is 552 g/mol. The molecule has 0 fully saturated rings. The standard InChI is InChI=1S/C37H37N5/c1-20-18-21(2)33(22(3)19-20)42(34-27(8)40-25(6)23(4)29-14-10-12-16-31(29)36(40)38-34)35-28(9)41-26(7)24(5)30-15-11-13-17-32(30)37(41)39-35/h10-19H,1-9H3. The maximum absolute atomic E-state index is 5.45. The second-order valence-corrected chi connectivity index (χ2v) is 12.0. The first-order valence-corrected chi connectivity index (χ1v) is 14.7. The number of benzene rings is 3. The van der Waals surface area contributed by atoms with Gasteiger partial charge in [0.15, 0.2) is 11.6 Å². The molecular formula is C37H37N5. The summed E-state index contributed by atoms with van der Waals surface area (Å²) in [6.07, 6.45) is 0. The van der Waals surface area contributed by atoms with Gasteiger partial charge in [0, 0.05) is 22.2 Å². The summed E-state index contributed by atoms with van der Waals surface area (Å²) in [6, 6.07) is 21.8. The Morgan fingerprint density at radius 1 is 0.500 bits per heavy atom. The van der Waals surface area contributed by atoms with Gasteiger partial charge in [0.2, 0.25) is 0 Å². The predicted octanol–water partition coefficient (Wildman–Crippen LogP) is 9.53. The molecule has 0 aliphatic carbocycles. The summed E-state index contributed by atoms with van der Waals surface area (Å²) in [7, 11) is 0. The molecular weight excluding hydrogens is 514 g/mol. The minimum atomic E-state index is 0.911. The van der Waals surface area contributed by atoms with Crippen LogP contribution in [0.3, 0.4) is 0 Å². The van der Waals surface area contributed by atoms with E-state index >= 15 is 0 Å². The van der Waals surface area contributed by atoms with Crippen LogP contribution in [0, 0.1) is 62.3 Å². The number of fused-ring (bicyclic) bond motifs is 6. The summed E-state index contributed by atoms with van der Waals surface area (Å²) in [4.78, 5) is 13.2. The number of pyridine rings is 2. The zero-order chi connectivity index (χ0) is 29.6. The van der Waals surface area contributed by atoms with Gasteiger partial charge in [0.25, 0.3) is 0 Å². The van der Waals surface area contributed by atoms with Crippen LogP contribution < -0.4 is 4.90 Å². The maximum atomic E-state index is 5.45. The van der Waals surface area contributed by atoms with Gasteiger partial charge in [-0.3, -0.25) is 13.7 Å². The van der Waals surface area contributed by atoms with E-state index in [0.717, 1.165) is 50.8 Å². The van der Waals surface area contributed by atoms with Crippen molar-refractivity contribution in [2.45, 2.75) is 62.3 Å². The third-order valence-electron chi connectivity index (χ3n) is 9.35. The molecule has 7 aromatic rings. The van der Waals surface area contributed by atoms with E-state index in [1.165, 1.54) is 50.0 Å². The largest absolute Gasteiger partial charge is 0.299 e. The normalized spacial score (nSPS) is 11.9. The molecule has 0 spiro atoms. The van der Waals surface area contributed by atoms with E-state index in [-0.39, 0.29) is 0 Å². The number of aromatic nitrogens is 4. The van der Waals surface area contributed by atoms with Gasteiger partial charge in [-0.25, -0.2) is 9.97 Å². The van der Waals surface area contributed by atoms with Crippen molar-refractivity contribution in [3.05, 3.63) is 111 Å². The van der Waals surface area contributed by atoms with Crippen LogP contribution in [0.4, 0.5) is 17.3 Å². The summed E-state index contributed by atoms with van der Waals surface area (Å²) < 4.78 is 4.66. The predicted molar refractivity (Wildman–Crippen MR) is 176 cm³/mol. The fraction of sp³-hybridized carbons (Fsp3) is 0.243. The van der Waals surface area contributed by atoms with E-state index in [2.05, 4.69) is 137 Å². The summed E-state index contributed by atoms with van der Waals surface area (Å²) in [5.74, 6) is 1.82. The number of nitrogens with zero attached hydrogens (tertiary/aromatic N) is 5. The van der Waals surface area contributed by atoms with Crippen LogP contribution in [0.5, 0.6) is 0 Å². The molecule has 0 unspecified atom stereocenters. The Hall–Kier alpha value is -4.64. The Labute approximate surface area is 247 Å². The number of rotatable bonds is 3. The fourth-order valence-corrected chi connectivity index (χ4v) is 7.16. The number of anilines is 3.